The molecule has 0 spiro atoms. The Kier molecular flexibility index (Phi) is 3.80. The van der Waals surface area contributed by atoms with Crippen molar-refractivity contribution < 1.29 is 9.15 Å². The van der Waals surface area contributed by atoms with Gasteiger partial charge in [-0.1, -0.05) is 13.8 Å². The van der Waals surface area contributed by atoms with Crippen LogP contribution in [0.3, 0.4) is 0 Å². The number of hydrogen-bond donors (Lipinski definition) is 2. The van der Waals surface area contributed by atoms with Crippen LogP contribution in [-0.2, 0) is 10.2 Å². The predicted molar refractivity (Wildman–Crippen MR) is 71.6 cm³/mol. The smallest absolute Gasteiger partial charge is 0.111 e. The summed E-state index contributed by atoms with van der Waals surface area (Å²) in [5, 5.41) is 3.51. The van der Waals surface area contributed by atoms with E-state index in [0.717, 1.165) is 37.8 Å². The fourth-order valence-electron chi connectivity index (χ4n) is 2.21. The van der Waals surface area contributed by atoms with Crippen molar-refractivity contribution in [2.75, 3.05) is 32.8 Å². The van der Waals surface area contributed by atoms with Crippen LogP contribution in [0.2, 0.25) is 0 Å². The van der Waals surface area contributed by atoms with E-state index in [-0.39, 0.29) is 10.8 Å². The van der Waals surface area contributed by atoms with Gasteiger partial charge in [0, 0.05) is 30.5 Å². The van der Waals surface area contributed by atoms with Crippen LogP contribution in [0.25, 0.3) is 0 Å². The molecule has 1 aliphatic heterocycles. The third kappa shape index (κ3) is 2.76. The summed E-state index contributed by atoms with van der Waals surface area (Å²) >= 11 is 0. The van der Waals surface area contributed by atoms with E-state index in [1.807, 2.05) is 13.0 Å². The molecular formula is C14H24N2O2. The van der Waals surface area contributed by atoms with Crippen LogP contribution in [0.5, 0.6) is 0 Å². The minimum absolute atomic E-state index is 0.00530. The molecule has 18 heavy (non-hydrogen) atoms. The molecule has 0 radical (unpaired) electrons. The summed E-state index contributed by atoms with van der Waals surface area (Å²) in [5.41, 5.74) is 5.94. The van der Waals surface area contributed by atoms with Crippen molar-refractivity contribution in [1.82, 2.24) is 5.32 Å². The van der Waals surface area contributed by atoms with Gasteiger partial charge in [-0.2, -0.15) is 0 Å². The molecule has 0 aromatic carbocycles. The van der Waals surface area contributed by atoms with Crippen molar-refractivity contribution in [2.24, 2.45) is 11.1 Å². The lowest BCUT2D eigenvalue weighted by atomic mass is 9.85. The van der Waals surface area contributed by atoms with Gasteiger partial charge in [0.15, 0.2) is 0 Å². The van der Waals surface area contributed by atoms with Crippen LogP contribution in [0.1, 0.15) is 25.4 Å². The van der Waals surface area contributed by atoms with E-state index in [4.69, 9.17) is 14.9 Å². The maximum atomic E-state index is 5.79. The van der Waals surface area contributed by atoms with E-state index >= 15 is 0 Å². The second-order valence-electron chi connectivity index (χ2n) is 6.09. The van der Waals surface area contributed by atoms with Crippen molar-refractivity contribution >= 4 is 0 Å². The lowest BCUT2D eigenvalue weighted by molar-refractivity contribution is -0.105. The Labute approximate surface area is 109 Å². The minimum atomic E-state index is -0.00530. The molecule has 1 aliphatic rings. The monoisotopic (exact) mass is 252 g/mol. The highest BCUT2D eigenvalue weighted by molar-refractivity contribution is 5.15. The highest BCUT2D eigenvalue weighted by Gasteiger charge is 2.37. The molecule has 0 amide bonds. The summed E-state index contributed by atoms with van der Waals surface area (Å²) in [6.07, 6.45) is 0. The summed E-state index contributed by atoms with van der Waals surface area (Å²) in [5.74, 6) is 1.99. The number of furan rings is 1. The Morgan fingerprint density at radius 1 is 1.39 bits per heavy atom. The van der Waals surface area contributed by atoms with Crippen LogP contribution in [-0.4, -0.2) is 32.8 Å². The van der Waals surface area contributed by atoms with Crippen LogP contribution in [0.4, 0.5) is 0 Å². The quantitative estimate of drug-likeness (QED) is 0.804. The number of nitrogens with one attached hydrogen (secondary N) is 1. The fraction of sp³-hybridized carbons (Fsp3) is 0.714. The first kappa shape index (κ1) is 13.6. The normalized spacial score (nSPS) is 18.7. The van der Waals surface area contributed by atoms with E-state index in [0.29, 0.717) is 6.54 Å². The number of aryl methyl sites for hydroxylation is 1. The molecule has 0 aliphatic carbocycles. The molecule has 3 N–H and O–H groups in total. The molecule has 1 saturated heterocycles. The van der Waals surface area contributed by atoms with Gasteiger partial charge in [-0.15, -0.1) is 0 Å². The van der Waals surface area contributed by atoms with Gasteiger partial charge in [-0.05, 0) is 19.1 Å². The van der Waals surface area contributed by atoms with Gasteiger partial charge in [-0.25, -0.2) is 0 Å². The molecule has 4 heteroatoms. The van der Waals surface area contributed by atoms with Crippen molar-refractivity contribution in [2.45, 2.75) is 26.2 Å². The van der Waals surface area contributed by atoms with Gasteiger partial charge in [0.05, 0.1) is 13.2 Å². The predicted octanol–water partition coefficient (Wildman–Crippen LogP) is 1.43. The van der Waals surface area contributed by atoms with Crippen molar-refractivity contribution in [3.63, 3.8) is 0 Å². The Hall–Kier alpha value is -0.840. The van der Waals surface area contributed by atoms with E-state index in [1.54, 1.807) is 0 Å². The molecule has 2 rings (SSSR count). The first-order chi connectivity index (χ1) is 8.47. The van der Waals surface area contributed by atoms with Crippen LogP contribution in [0, 0.1) is 12.3 Å². The van der Waals surface area contributed by atoms with Crippen LogP contribution >= 0.6 is 0 Å². The molecule has 0 unspecified atom stereocenters. The molecule has 1 aromatic rings. The molecule has 0 bridgehead atoms. The maximum Gasteiger partial charge on any atom is 0.111 e. The third-order valence-corrected chi connectivity index (χ3v) is 3.72. The highest BCUT2D eigenvalue weighted by Crippen LogP contribution is 2.27. The summed E-state index contributed by atoms with van der Waals surface area (Å²) in [4.78, 5) is 0. The lowest BCUT2D eigenvalue weighted by Gasteiger charge is -2.41. The van der Waals surface area contributed by atoms with E-state index in [2.05, 4.69) is 25.2 Å². The number of nitrogens with two attached hydrogens (primary N) is 1. The number of rotatable bonds is 6. The van der Waals surface area contributed by atoms with E-state index in [9.17, 15) is 0 Å². The van der Waals surface area contributed by atoms with Gasteiger partial charge >= 0.3 is 0 Å². The third-order valence-electron chi connectivity index (χ3n) is 3.72. The Balaban J connectivity index is 1.85. The van der Waals surface area contributed by atoms with Gasteiger partial charge < -0.3 is 20.2 Å². The molecule has 1 aromatic heterocycles. The molecule has 1 fully saturated rings. The van der Waals surface area contributed by atoms with E-state index in [1.165, 1.54) is 0 Å². The Morgan fingerprint density at radius 2 is 2.11 bits per heavy atom. The fourth-order valence-corrected chi connectivity index (χ4v) is 2.21. The maximum absolute atomic E-state index is 5.79. The van der Waals surface area contributed by atoms with Crippen molar-refractivity contribution in [3.05, 3.63) is 23.7 Å². The van der Waals surface area contributed by atoms with Gasteiger partial charge in [0.2, 0.25) is 0 Å². The van der Waals surface area contributed by atoms with E-state index < -0.39 is 0 Å². The highest BCUT2D eigenvalue weighted by atomic mass is 16.5. The summed E-state index contributed by atoms with van der Waals surface area (Å²) in [6, 6.07) is 4.07. The summed E-state index contributed by atoms with van der Waals surface area (Å²) < 4.78 is 11.0. The largest absolute Gasteiger partial charge is 0.466 e. The second kappa shape index (κ2) is 5.03. The Morgan fingerprint density at radius 3 is 2.56 bits per heavy atom. The molecule has 2 heterocycles. The summed E-state index contributed by atoms with van der Waals surface area (Å²) in [7, 11) is 0. The first-order valence-corrected chi connectivity index (χ1v) is 6.53. The van der Waals surface area contributed by atoms with Crippen molar-refractivity contribution in [1.29, 1.82) is 0 Å². The zero-order valence-electron chi connectivity index (χ0n) is 11.6. The SMILES string of the molecule is Cc1ccc(C(C)(C)CNCC2(CN)COC2)o1. The first-order valence-electron chi connectivity index (χ1n) is 6.53. The Bertz CT molecular complexity index is 389. The standard InChI is InChI=1S/C14H24N2O2/c1-11-4-5-12(18-11)13(2,3)7-16-8-14(6-15)9-17-10-14/h4-5,16H,6-10,15H2,1-3H3. The average Bonchev–Trinajstić information content (AvgIpc) is 2.70. The number of ether oxygens (including phenoxy) is 1. The van der Waals surface area contributed by atoms with Gasteiger partial charge in [0.1, 0.15) is 11.5 Å². The molecule has 0 saturated carbocycles. The van der Waals surface area contributed by atoms with Crippen LogP contribution in [0.15, 0.2) is 16.5 Å². The van der Waals surface area contributed by atoms with Gasteiger partial charge in [0.25, 0.3) is 0 Å². The average molecular weight is 252 g/mol. The molecular weight excluding hydrogens is 228 g/mol. The second-order valence-corrected chi connectivity index (χ2v) is 6.09. The van der Waals surface area contributed by atoms with Crippen molar-refractivity contribution in [3.8, 4) is 0 Å². The molecule has 102 valence electrons. The minimum Gasteiger partial charge on any atom is -0.466 e. The summed E-state index contributed by atoms with van der Waals surface area (Å²) in [6.45, 7) is 10.4. The zero-order valence-corrected chi connectivity index (χ0v) is 11.6. The van der Waals surface area contributed by atoms with Crippen LogP contribution < -0.4 is 11.1 Å². The number of hydrogen-bond acceptors (Lipinski definition) is 4. The molecule has 4 nitrogen and oxygen atoms in total. The lowest BCUT2D eigenvalue weighted by Crippen LogP contribution is -2.55. The molecule has 0 atom stereocenters. The zero-order chi connectivity index (χ0) is 13.2. The van der Waals surface area contributed by atoms with Gasteiger partial charge in [-0.3, -0.25) is 0 Å². The topological polar surface area (TPSA) is 60.4 Å².